The van der Waals surface area contributed by atoms with Crippen LogP contribution < -0.4 is 5.73 Å². The second-order valence-electron chi connectivity index (χ2n) is 3.54. The third-order valence-electron chi connectivity index (χ3n) is 2.56. The molecule has 2 aromatic carbocycles. The monoisotopic (exact) mass is 219 g/mol. The van der Waals surface area contributed by atoms with Gasteiger partial charge in [-0.05, 0) is 11.6 Å². The lowest BCUT2D eigenvalue weighted by molar-refractivity contribution is 1.43. The predicted octanol–water partition coefficient (Wildman–Crippen LogP) is 2.68. The minimum Gasteiger partial charge on any atom is -0.397 e. The third kappa shape index (κ3) is 1.82. The first kappa shape index (κ1) is 10.7. The molecule has 80 valence electrons. The molecule has 2 N–H and O–H groups in total. The Morgan fingerprint density at radius 3 is 2.18 bits per heavy atom. The van der Waals surface area contributed by atoms with E-state index in [4.69, 9.17) is 16.3 Å². The maximum absolute atomic E-state index is 9.02. The van der Waals surface area contributed by atoms with Crippen LogP contribution in [0, 0.1) is 22.7 Å². The Kier molecular flexibility index (Phi) is 2.77. The summed E-state index contributed by atoms with van der Waals surface area (Å²) >= 11 is 0. The molecule has 17 heavy (non-hydrogen) atoms. The Hall–Kier alpha value is -2.78. The van der Waals surface area contributed by atoms with Crippen LogP contribution in [0.3, 0.4) is 0 Å². The Morgan fingerprint density at radius 2 is 1.59 bits per heavy atom. The van der Waals surface area contributed by atoms with Gasteiger partial charge >= 0.3 is 0 Å². The molecule has 0 aliphatic heterocycles. The molecular formula is C14H9N3. The summed E-state index contributed by atoms with van der Waals surface area (Å²) in [6.07, 6.45) is 0. The lowest BCUT2D eigenvalue weighted by atomic mass is 9.97. The van der Waals surface area contributed by atoms with E-state index < -0.39 is 0 Å². The first-order valence-corrected chi connectivity index (χ1v) is 5.06. The zero-order valence-electron chi connectivity index (χ0n) is 9.01. The van der Waals surface area contributed by atoms with E-state index in [0.717, 1.165) is 11.1 Å². The van der Waals surface area contributed by atoms with Crippen LogP contribution in [0.1, 0.15) is 11.1 Å². The number of nitriles is 2. The van der Waals surface area contributed by atoms with Gasteiger partial charge in [0.05, 0.1) is 16.8 Å². The van der Waals surface area contributed by atoms with Gasteiger partial charge in [-0.2, -0.15) is 10.5 Å². The fraction of sp³-hybridized carbons (Fsp3) is 0. The topological polar surface area (TPSA) is 73.6 Å². The number of nitrogens with two attached hydrogens (primary N) is 1. The predicted molar refractivity (Wildman–Crippen MR) is 65.7 cm³/mol. The highest BCUT2D eigenvalue weighted by Crippen LogP contribution is 2.29. The smallest absolute Gasteiger partial charge is 0.103 e. The van der Waals surface area contributed by atoms with Crippen molar-refractivity contribution in [3.05, 3.63) is 53.6 Å². The highest BCUT2D eigenvalue weighted by atomic mass is 14.6. The number of nitrogens with zero attached hydrogens (tertiary/aromatic N) is 2. The molecule has 0 aromatic heterocycles. The molecule has 0 fully saturated rings. The fourth-order valence-corrected chi connectivity index (χ4v) is 1.70. The SMILES string of the molecule is N#Cc1ccc(-c2ccccc2)c(N)c1C#N. The number of hydrogen-bond donors (Lipinski definition) is 1. The van der Waals surface area contributed by atoms with Gasteiger partial charge in [0.2, 0.25) is 0 Å². The lowest BCUT2D eigenvalue weighted by Crippen LogP contribution is -1.97. The summed E-state index contributed by atoms with van der Waals surface area (Å²) in [6.45, 7) is 0. The molecule has 0 bridgehead atoms. The summed E-state index contributed by atoms with van der Waals surface area (Å²) < 4.78 is 0. The first-order valence-electron chi connectivity index (χ1n) is 5.06. The number of anilines is 1. The summed E-state index contributed by atoms with van der Waals surface area (Å²) in [6, 6.07) is 16.9. The van der Waals surface area contributed by atoms with Crippen molar-refractivity contribution in [1.29, 1.82) is 10.5 Å². The van der Waals surface area contributed by atoms with Crippen LogP contribution in [-0.2, 0) is 0 Å². The van der Waals surface area contributed by atoms with Gasteiger partial charge in [0.15, 0.2) is 0 Å². The van der Waals surface area contributed by atoms with E-state index in [-0.39, 0.29) is 5.56 Å². The minimum atomic E-state index is 0.244. The molecule has 0 unspecified atom stereocenters. The average Bonchev–Trinajstić information content (AvgIpc) is 2.39. The van der Waals surface area contributed by atoms with Crippen LogP contribution >= 0.6 is 0 Å². The van der Waals surface area contributed by atoms with E-state index in [1.165, 1.54) is 0 Å². The zero-order chi connectivity index (χ0) is 12.3. The molecule has 0 saturated heterocycles. The summed E-state index contributed by atoms with van der Waals surface area (Å²) in [5, 5.41) is 17.9. The Morgan fingerprint density at radius 1 is 0.882 bits per heavy atom. The highest BCUT2D eigenvalue weighted by Gasteiger charge is 2.11. The second-order valence-corrected chi connectivity index (χ2v) is 3.54. The molecule has 3 nitrogen and oxygen atoms in total. The number of benzene rings is 2. The molecule has 0 spiro atoms. The van der Waals surface area contributed by atoms with Crippen molar-refractivity contribution in [1.82, 2.24) is 0 Å². The maximum atomic E-state index is 9.02. The van der Waals surface area contributed by atoms with Gasteiger partial charge < -0.3 is 5.73 Å². The molecule has 0 radical (unpaired) electrons. The van der Waals surface area contributed by atoms with Gasteiger partial charge in [-0.15, -0.1) is 0 Å². The van der Waals surface area contributed by atoms with Gasteiger partial charge in [0.1, 0.15) is 12.1 Å². The summed E-state index contributed by atoms with van der Waals surface area (Å²) in [4.78, 5) is 0. The molecule has 2 aromatic rings. The first-order chi connectivity index (χ1) is 8.27. The summed E-state index contributed by atoms with van der Waals surface area (Å²) in [5.41, 5.74) is 8.56. The van der Waals surface area contributed by atoms with Crippen LogP contribution in [0.5, 0.6) is 0 Å². The largest absolute Gasteiger partial charge is 0.397 e. The molecule has 0 saturated carbocycles. The van der Waals surface area contributed by atoms with Crippen LogP contribution in [0.15, 0.2) is 42.5 Å². The molecule has 3 heteroatoms. The van der Waals surface area contributed by atoms with Gasteiger partial charge in [-0.25, -0.2) is 0 Å². The van der Waals surface area contributed by atoms with E-state index in [1.807, 2.05) is 42.5 Å². The molecular weight excluding hydrogens is 210 g/mol. The van der Waals surface area contributed by atoms with E-state index in [9.17, 15) is 0 Å². The van der Waals surface area contributed by atoms with E-state index >= 15 is 0 Å². The fourth-order valence-electron chi connectivity index (χ4n) is 1.70. The highest BCUT2D eigenvalue weighted by molar-refractivity contribution is 5.82. The van der Waals surface area contributed by atoms with Gasteiger partial charge in [-0.1, -0.05) is 36.4 Å². The van der Waals surface area contributed by atoms with Crippen molar-refractivity contribution < 1.29 is 0 Å². The Bertz CT molecular complexity index is 631. The van der Waals surface area contributed by atoms with Crippen molar-refractivity contribution in [3.8, 4) is 23.3 Å². The number of hydrogen-bond acceptors (Lipinski definition) is 3. The molecule has 0 amide bonds. The number of nitrogen functional groups attached to an aromatic ring is 1. The van der Waals surface area contributed by atoms with Crippen molar-refractivity contribution >= 4 is 5.69 Å². The third-order valence-corrected chi connectivity index (χ3v) is 2.56. The van der Waals surface area contributed by atoms with Gasteiger partial charge in [0.25, 0.3) is 0 Å². The molecule has 0 aliphatic carbocycles. The van der Waals surface area contributed by atoms with Crippen LogP contribution in [0.25, 0.3) is 11.1 Å². The lowest BCUT2D eigenvalue weighted by Gasteiger charge is -2.08. The Balaban J connectivity index is 2.68. The Labute approximate surface area is 99.3 Å². The number of rotatable bonds is 1. The van der Waals surface area contributed by atoms with Crippen LogP contribution in [0.2, 0.25) is 0 Å². The van der Waals surface area contributed by atoms with Crippen molar-refractivity contribution in [2.75, 3.05) is 5.73 Å². The van der Waals surface area contributed by atoms with E-state index in [0.29, 0.717) is 11.3 Å². The quantitative estimate of drug-likeness (QED) is 0.749. The molecule has 0 aliphatic rings. The van der Waals surface area contributed by atoms with Crippen molar-refractivity contribution in [2.24, 2.45) is 0 Å². The van der Waals surface area contributed by atoms with Crippen molar-refractivity contribution in [2.45, 2.75) is 0 Å². The van der Waals surface area contributed by atoms with Crippen LogP contribution in [-0.4, -0.2) is 0 Å². The minimum absolute atomic E-state index is 0.244. The zero-order valence-corrected chi connectivity index (χ0v) is 9.01. The van der Waals surface area contributed by atoms with Gasteiger partial charge in [-0.3, -0.25) is 0 Å². The normalized spacial score (nSPS) is 9.29. The van der Waals surface area contributed by atoms with Crippen molar-refractivity contribution in [3.63, 3.8) is 0 Å². The van der Waals surface area contributed by atoms with E-state index in [2.05, 4.69) is 0 Å². The van der Waals surface area contributed by atoms with E-state index in [1.54, 1.807) is 12.1 Å². The van der Waals surface area contributed by atoms with Gasteiger partial charge in [0, 0.05) is 5.56 Å². The second kappa shape index (κ2) is 4.38. The maximum Gasteiger partial charge on any atom is 0.103 e. The molecule has 0 heterocycles. The molecule has 2 rings (SSSR count). The average molecular weight is 219 g/mol. The summed E-state index contributed by atoms with van der Waals surface area (Å²) in [7, 11) is 0. The standard InChI is InChI=1S/C14H9N3/c15-8-11-6-7-12(14(17)13(11)9-16)10-4-2-1-3-5-10/h1-7H,17H2. The van der Waals surface area contributed by atoms with Crippen LogP contribution in [0.4, 0.5) is 5.69 Å². The molecule has 0 atom stereocenters. The summed E-state index contributed by atoms with van der Waals surface area (Å²) in [5.74, 6) is 0.